The van der Waals surface area contributed by atoms with E-state index in [4.69, 9.17) is 0 Å². The average Bonchev–Trinajstić information content (AvgIpc) is 2.57. The van der Waals surface area contributed by atoms with Gasteiger partial charge in [-0.05, 0) is 25.1 Å². The van der Waals surface area contributed by atoms with Gasteiger partial charge in [0.15, 0.2) is 0 Å². The molecule has 1 aromatic carbocycles. The zero-order chi connectivity index (χ0) is 9.10. The van der Waals surface area contributed by atoms with Crippen molar-refractivity contribution >= 4 is 5.69 Å². The molecule has 70 valence electrons. The lowest BCUT2D eigenvalue weighted by Crippen LogP contribution is -2.21. The second-order valence-electron chi connectivity index (χ2n) is 3.38. The summed E-state index contributed by atoms with van der Waals surface area (Å²) in [6.45, 7) is 2.09. The van der Waals surface area contributed by atoms with Gasteiger partial charge in [-0.2, -0.15) is 0 Å². The third kappa shape index (κ3) is 2.12. The Morgan fingerprint density at radius 3 is 3.08 bits per heavy atom. The molecule has 1 aliphatic rings. The normalized spacial score (nSPS) is 21.7. The van der Waals surface area contributed by atoms with Gasteiger partial charge >= 0.3 is 0 Å². The van der Waals surface area contributed by atoms with Crippen molar-refractivity contribution in [2.75, 3.05) is 18.4 Å². The van der Waals surface area contributed by atoms with Crippen molar-refractivity contribution in [3.63, 3.8) is 0 Å². The number of phenolic OH excluding ortho intramolecular Hbond substituents is 1. The lowest BCUT2D eigenvalue weighted by molar-refractivity contribution is 0.475. The Labute approximate surface area is 77.8 Å². The van der Waals surface area contributed by atoms with Crippen LogP contribution in [-0.4, -0.2) is 24.2 Å². The highest BCUT2D eigenvalue weighted by Gasteiger charge is 2.13. The molecule has 13 heavy (non-hydrogen) atoms. The second-order valence-corrected chi connectivity index (χ2v) is 3.38. The first-order chi connectivity index (χ1) is 6.34. The fourth-order valence-corrected chi connectivity index (χ4v) is 1.61. The van der Waals surface area contributed by atoms with Crippen molar-refractivity contribution in [3.8, 4) is 5.75 Å². The van der Waals surface area contributed by atoms with Gasteiger partial charge in [-0.1, -0.05) is 6.07 Å². The monoisotopic (exact) mass is 178 g/mol. The van der Waals surface area contributed by atoms with Crippen molar-refractivity contribution < 1.29 is 5.11 Å². The highest BCUT2D eigenvalue weighted by atomic mass is 16.3. The smallest absolute Gasteiger partial charge is 0.117 e. The molecular formula is C10H14N2O. The van der Waals surface area contributed by atoms with Crippen LogP contribution >= 0.6 is 0 Å². The summed E-state index contributed by atoms with van der Waals surface area (Å²) in [5, 5.41) is 15.9. The number of phenols is 1. The summed E-state index contributed by atoms with van der Waals surface area (Å²) in [5.41, 5.74) is 0.994. The van der Waals surface area contributed by atoms with Gasteiger partial charge in [0.2, 0.25) is 0 Å². The quantitative estimate of drug-likeness (QED) is 0.637. The molecule has 0 spiro atoms. The Balaban J connectivity index is 2.00. The van der Waals surface area contributed by atoms with Crippen LogP contribution in [-0.2, 0) is 0 Å². The van der Waals surface area contributed by atoms with Crippen molar-refractivity contribution in [3.05, 3.63) is 24.3 Å². The molecule has 0 aromatic heterocycles. The maximum absolute atomic E-state index is 9.23. The summed E-state index contributed by atoms with van der Waals surface area (Å²) in [7, 11) is 0. The molecule has 0 aliphatic carbocycles. The first kappa shape index (κ1) is 8.38. The van der Waals surface area contributed by atoms with E-state index in [0.29, 0.717) is 11.8 Å². The van der Waals surface area contributed by atoms with Gasteiger partial charge in [0.1, 0.15) is 5.75 Å². The summed E-state index contributed by atoms with van der Waals surface area (Å²) < 4.78 is 0. The average molecular weight is 178 g/mol. The molecule has 1 aliphatic heterocycles. The van der Waals surface area contributed by atoms with Gasteiger partial charge in [-0.25, -0.2) is 0 Å². The van der Waals surface area contributed by atoms with E-state index >= 15 is 0 Å². The molecule has 1 saturated heterocycles. The molecule has 0 bridgehead atoms. The summed E-state index contributed by atoms with van der Waals surface area (Å²) in [5.74, 6) is 0.316. The molecule has 3 nitrogen and oxygen atoms in total. The van der Waals surface area contributed by atoms with E-state index in [2.05, 4.69) is 10.6 Å². The molecule has 0 radical (unpaired) electrons. The summed E-state index contributed by atoms with van der Waals surface area (Å²) in [4.78, 5) is 0. The van der Waals surface area contributed by atoms with Crippen molar-refractivity contribution in [1.29, 1.82) is 0 Å². The summed E-state index contributed by atoms with van der Waals surface area (Å²) in [6.07, 6.45) is 1.15. The number of benzene rings is 1. The van der Waals surface area contributed by atoms with E-state index in [1.165, 1.54) is 0 Å². The van der Waals surface area contributed by atoms with Crippen LogP contribution in [0.15, 0.2) is 24.3 Å². The van der Waals surface area contributed by atoms with Crippen LogP contribution in [0.2, 0.25) is 0 Å². The third-order valence-electron chi connectivity index (χ3n) is 2.28. The molecule has 0 saturated carbocycles. The minimum Gasteiger partial charge on any atom is -0.508 e. The second kappa shape index (κ2) is 3.66. The molecule has 1 aromatic rings. The van der Waals surface area contributed by atoms with E-state index in [9.17, 15) is 5.11 Å². The fourth-order valence-electron chi connectivity index (χ4n) is 1.61. The molecule has 2 rings (SSSR count). The molecule has 1 unspecified atom stereocenters. The number of rotatable bonds is 2. The van der Waals surface area contributed by atoms with Gasteiger partial charge in [0.25, 0.3) is 0 Å². The predicted octanol–water partition coefficient (Wildman–Crippen LogP) is 1.17. The maximum Gasteiger partial charge on any atom is 0.117 e. The number of hydrogen-bond donors (Lipinski definition) is 3. The zero-order valence-electron chi connectivity index (χ0n) is 7.46. The fraction of sp³-hybridized carbons (Fsp3) is 0.400. The molecule has 0 amide bonds. The van der Waals surface area contributed by atoms with E-state index in [0.717, 1.165) is 25.2 Å². The third-order valence-corrected chi connectivity index (χ3v) is 2.28. The Kier molecular flexibility index (Phi) is 2.36. The van der Waals surface area contributed by atoms with Gasteiger partial charge in [-0.15, -0.1) is 0 Å². The van der Waals surface area contributed by atoms with Crippen molar-refractivity contribution in [1.82, 2.24) is 5.32 Å². The van der Waals surface area contributed by atoms with Crippen LogP contribution < -0.4 is 10.6 Å². The van der Waals surface area contributed by atoms with Crippen LogP contribution in [0, 0.1) is 0 Å². The Morgan fingerprint density at radius 1 is 1.46 bits per heavy atom. The van der Waals surface area contributed by atoms with Crippen LogP contribution in [0.3, 0.4) is 0 Å². The van der Waals surface area contributed by atoms with Gasteiger partial charge in [0.05, 0.1) is 0 Å². The summed E-state index contributed by atoms with van der Waals surface area (Å²) in [6, 6.07) is 7.75. The molecule has 3 N–H and O–H groups in total. The Bertz CT molecular complexity index is 282. The first-order valence-corrected chi connectivity index (χ1v) is 4.61. The predicted molar refractivity (Wildman–Crippen MR) is 53.0 cm³/mol. The number of nitrogens with one attached hydrogen (secondary N) is 2. The maximum atomic E-state index is 9.23. The number of anilines is 1. The SMILES string of the molecule is Oc1cccc(NC2CCNC2)c1. The van der Waals surface area contributed by atoms with Gasteiger partial charge in [-0.3, -0.25) is 0 Å². The molecular weight excluding hydrogens is 164 g/mol. The van der Waals surface area contributed by atoms with Crippen molar-refractivity contribution in [2.24, 2.45) is 0 Å². The van der Waals surface area contributed by atoms with Crippen LogP contribution in [0.1, 0.15) is 6.42 Å². The van der Waals surface area contributed by atoms with Crippen molar-refractivity contribution in [2.45, 2.75) is 12.5 Å². The van der Waals surface area contributed by atoms with Crippen LogP contribution in [0.5, 0.6) is 5.75 Å². The van der Waals surface area contributed by atoms with E-state index < -0.39 is 0 Å². The van der Waals surface area contributed by atoms with E-state index in [1.54, 1.807) is 12.1 Å². The summed E-state index contributed by atoms with van der Waals surface area (Å²) >= 11 is 0. The topological polar surface area (TPSA) is 44.3 Å². The van der Waals surface area contributed by atoms with Gasteiger partial charge < -0.3 is 15.7 Å². The minimum atomic E-state index is 0.316. The lowest BCUT2D eigenvalue weighted by atomic mass is 10.2. The Morgan fingerprint density at radius 2 is 2.38 bits per heavy atom. The minimum absolute atomic E-state index is 0.316. The lowest BCUT2D eigenvalue weighted by Gasteiger charge is -2.12. The molecule has 1 atom stereocenters. The molecule has 1 fully saturated rings. The van der Waals surface area contributed by atoms with E-state index in [-0.39, 0.29) is 0 Å². The molecule has 3 heteroatoms. The Hall–Kier alpha value is -1.22. The zero-order valence-corrected chi connectivity index (χ0v) is 7.46. The highest BCUT2D eigenvalue weighted by Crippen LogP contribution is 2.17. The van der Waals surface area contributed by atoms with Crippen LogP contribution in [0.25, 0.3) is 0 Å². The largest absolute Gasteiger partial charge is 0.508 e. The first-order valence-electron chi connectivity index (χ1n) is 4.61. The highest BCUT2D eigenvalue weighted by molar-refractivity contribution is 5.48. The number of aromatic hydroxyl groups is 1. The standard InChI is InChI=1S/C10H14N2O/c13-10-3-1-2-8(6-10)12-9-4-5-11-7-9/h1-3,6,9,11-13H,4-5,7H2. The molecule has 1 heterocycles. The number of hydrogen-bond acceptors (Lipinski definition) is 3. The van der Waals surface area contributed by atoms with E-state index in [1.807, 2.05) is 12.1 Å². The van der Waals surface area contributed by atoms with Crippen LogP contribution in [0.4, 0.5) is 5.69 Å². The van der Waals surface area contributed by atoms with Gasteiger partial charge in [0, 0.05) is 24.3 Å².